The van der Waals surface area contributed by atoms with Gasteiger partial charge >= 0.3 is 5.97 Å². The van der Waals surface area contributed by atoms with E-state index >= 15 is 0 Å². The molecule has 2 N–H and O–H groups in total. The van der Waals surface area contributed by atoms with Crippen molar-refractivity contribution in [2.24, 2.45) is 4.40 Å². The first-order valence-corrected chi connectivity index (χ1v) is 9.10. The molecule has 9 nitrogen and oxygen atoms in total. The normalized spacial score (nSPS) is 14.2. The minimum atomic E-state index is -3.94. The van der Waals surface area contributed by atoms with Gasteiger partial charge in [-0.3, -0.25) is 4.79 Å². The standard InChI is InChI=1S/C17H15N3O6S/c1-19(11-7-8-13(21)14(9-11)26-2)20(10-16(22)23)17-12-5-3-4-6-15(12)27(24,25)18-17/h3-9H,1,10H2,2H3,(H-,21,22,23)/p+1. The summed E-state index contributed by atoms with van der Waals surface area (Å²) < 4.78 is 34.6. The van der Waals surface area contributed by atoms with Crippen LogP contribution in [0.3, 0.4) is 0 Å². The van der Waals surface area contributed by atoms with Crippen molar-refractivity contribution in [2.45, 2.75) is 4.90 Å². The van der Waals surface area contributed by atoms with E-state index in [1.54, 1.807) is 18.2 Å². The Morgan fingerprint density at radius 1 is 1.30 bits per heavy atom. The van der Waals surface area contributed by atoms with Crippen molar-refractivity contribution in [2.75, 3.05) is 13.7 Å². The maximum atomic E-state index is 12.3. The van der Waals surface area contributed by atoms with Crippen LogP contribution in [0.1, 0.15) is 5.56 Å². The summed E-state index contributed by atoms with van der Waals surface area (Å²) >= 11 is 0. The number of methoxy groups -OCH3 is 1. The van der Waals surface area contributed by atoms with Crippen LogP contribution in [0.15, 0.2) is 51.8 Å². The van der Waals surface area contributed by atoms with Crippen LogP contribution in [0.5, 0.6) is 11.5 Å². The number of sulfonamides is 1. The number of hydrazone groups is 1. The van der Waals surface area contributed by atoms with Crippen LogP contribution in [0.2, 0.25) is 0 Å². The number of amidine groups is 1. The molecule has 0 saturated carbocycles. The van der Waals surface area contributed by atoms with E-state index in [0.29, 0.717) is 5.69 Å². The zero-order valence-corrected chi connectivity index (χ0v) is 15.0. The van der Waals surface area contributed by atoms with Gasteiger partial charge in [0.1, 0.15) is 4.90 Å². The quantitative estimate of drug-likeness (QED) is 0.447. The molecule has 0 bridgehead atoms. The molecule has 0 aromatic heterocycles. The summed E-state index contributed by atoms with van der Waals surface area (Å²) in [6.07, 6.45) is 0. The number of phenols is 1. The zero-order valence-electron chi connectivity index (χ0n) is 14.2. The lowest BCUT2D eigenvalue weighted by Gasteiger charge is -2.18. The van der Waals surface area contributed by atoms with Gasteiger partial charge in [0.05, 0.1) is 13.2 Å². The van der Waals surface area contributed by atoms with Gasteiger partial charge in [0.15, 0.2) is 24.8 Å². The molecule has 0 amide bonds. The number of phenolic OH excluding ortho intramolecular Hbond substituents is 1. The molecule has 27 heavy (non-hydrogen) atoms. The minimum absolute atomic E-state index is 0.00734. The van der Waals surface area contributed by atoms with Crippen molar-refractivity contribution < 1.29 is 32.8 Å². The second kappa shape index (κ2) is 6.72. The highest BCUT2D eigenvalue weighted by molar-refractivity contribution is 7.90. The number of hydrogen-bond donors (Lipinski definition) is 2. The number of aromatic hydroxyl groups is 1. The number of fused-ring (bicyclic) bond motifs is 1. The Morgan fingerprint density at radius 2 is 2.00 bits per heavy atom. The highest BCUT2D eigenvalue weighted by Gasteiger charge is 2.37. The lowest BCUT2D eigenvalue weighted by atomic mass is 10.2. The topological polar surface area (TPSA) is 120 Å². The summed E-state index contributed by atoms with van der Waals surface area (Å²) in [5.41, 5.74) is 0.633. The second-order valence-electron chi connectivity index (χ2n) is 5.59. The van der Waals surface area contributed by atoms with Crippen molar-refractivity contribution in [1.82, 2.24) is 5.01 Å². The average molecular weight is 390 g/mol. The number of nitrogens with zero attached hydrogens (tertiary/aromatic N) is 3. The molecule has 0 spiro atoms. The molecule has 0 unspecified atom stereocenters. The highest BCUT2D eigenvalue weighted by Crippen LogP contribution is 2.32. The van der Waals surface area contributed by atoms with Gasteiger partial charge < -0.3 is 14.9 Å². The Hall–Kier alpha value is -3.40. The molecule has 2 aromatic carbocycles. The second-order valence-corrected chi connectivity index (χ2v) is 7.17. The molecular formula is C17H16N3O6S+. The van der Waals surface area contributed by atoms with E-state index in [0.717, 1.165) is 5.01 Å². The molecule has 10 heteroatoms. The molecule has 0 fully saturated rings. The molecular weight excluding hydrogens is 374 g/mol. The third-order valence-corrected chi connectivity index (χ3v) is 5.22. The van der Waals surface area contributed by atoms with Gasteiger partial charge in [-0.15, -0.1) is 9.41 Å². The molecule has 1 aliphatic heterocycles. The fourth-order valence-corrected chi connectivity index (χ4v) is 3.85. The number of carboxylic acids is 1. The Morgan fingerprint density at radius 3 is 2.67 bits per heavy atom. The molecule has 140 valence electrons. The minimum Gasteiger partial charge on any atom is -0.504 e. The van der Waals surface area contributed by atoms with Crippen LogP contribution in [-0.2, 0) is 14.8 Å². The van der Waals surface area contributed by atoms with Crippen molar-refractivity contribution in [1.29, 1.82) is 0 Å². The summed E-state index contributed by atoms with van der Waals surface area (Å²) in [5, 5.41) is 20.2. The fourth-order valence-electron chi connectivity index (χ4n) is 2.64. The number of ether oxygens (including phenoxy) is 1. The van der Waals surface area contributed by atoms with Gasteiger partial charge in [-0.05, 0) is 18.2 Å². The van der Waals surface area contributed by atoms with Crippen LogP contribution in [0.4, 0.5) is 5.69 Å². The number of carboxylic acid groups (broad SMARTS) is 1. The maximum absolute atomic E-state index is 12.3. The Balaban J connectivity index is 2.11. The first kappa shape index (κ1) is 18.4. The van der Waals surface area contributed by atoms with Gasteiger partial charge in [0.2, 0.25) is 11.5 Å². The lowest BCUT2D eigenvalue weighted by Crippen LogP contribution is -2.41. The zero-order chi connectivity index (χ0) is 19.8. The van der Waals surface area contributed by atoms with E-state index in [1.807, 2.05) is 0 Å². The van der Waals surface area contributed by atoms with Crippen LogP contribution in [-0.4, -0.2) is 60.5 Å². The molecule has 1 aliphatic rings. The molecule has 1 heterocycles. The molecule has 0 saturated heterocycles. The molecule has 3 rings (SSSR count). The summed E-state index contributed by atoms with van der Waals surface area (Å²) in [6, 6.07) is 10.4. The third-order valence-electron chi connectivity index (χ3n) is 3.89. The van der Waals surface area contributed by atoms with E-state index in [-0.39, 0.29) is 27.8 Å². The molecule has 0 atom stereocenters. The first-order chi connectivity index (χ1) is 12.7. The van der Waals surface area contributed by atoms with Crippen LogP contribution >= 0.6 is 0 Å². The van der Waals surface area contributed by atoms with E-state index in [1.165, 1.54) is 36.1 Å². The Kier molecular flexibility index (Phi) is 4.58. The van der Waals surface area contributed by atoms with E-state index < -0.39 is 22.5 Å². The van der Waals surface area contributed by atoms with Gasteiger partial charge in [0, 0.05) is 11.6 Å². The summed E-state index contributed by atoms with van der Waals surface area (Å²) in [5.74, 6) is -1.22. The van der Waals surface area contributed by atoms with Crippen LogP contribution < -0.4 is 4.74 Å². The predicted molar refractivity (Wildman–Crippen MR) is 96.2 cm³/mol. The Bertz CT molecular complexity index is 1080. The maximum Gasteiger partial charge on any atom is 0.329 e. The van der Waals surface area contributed by atoms with E-state index in [4.69, 9.17) is 4.74 Å². The van der Waals surface area contributed by atoms with Gasteiger partial charge in [-0.1, -0.05) is 16.8 Å². The number of hydrogen-bond acceptors (Lipinski definition) is 6. The molecule has 2 aromatic rings. The molecule has 0 radical (unpaired) electrons. The number of aliphatic carboxylic acids is 1. The summed E-state index contributed by atoms with van der Waals surface area (Å²) in [4.78, 5) is 11.4. The lowest BCUT2D eigenvalue weighted by molar-refractivity contribution is -0.585. The largest absolute Gasteiger partial charge is 0.504 e. The molecule has 0 aliphatic carbocycles. The van der Waals surface area contributed by atoms with Crippen LogP contribution in [0, 0.1) is 0 Å². The monoisotopic (exact) mass is 390 g/mol. The predicted octanol–water partition coefficient (Wildman–Crippen LogP) is 1.20. The number of hydrazine groups is 1. The van der Waals surface area contributed by atoms with Crippen molar-refractivity contribution in [3.8, 4) is 11.5 Å². The third kappa shape index (κ3) is 3.34. The summed E-state index contributed by atoms with van der Waals surface area (Å²) in [6.45, 7) is 3.23. The smallest absolute Gasteiger partial charge is 0.329 e. The van der Waals surface area contributed by atoms with E-state index in [9.17, 15) is 23.4 Å². The van der Waals surface area contributed by atoms with E-state index in [2.05, 4.69) is 11.1 Å². The Labute approximate surface area is 155 Å². The number of rotatable bonds is 5. The highest BCUT2D eigenvalue weighted by atomic mass is 32.2. The number of benzene rings is 2. The van der Waals surface area contributed by atoms with Crippen molar-refractivity contribution in [3.63, 3.8) is 0 Å². The van der Waals surface area contributed by atoms with Gasteiger partial charge in [-0.2, -0.15) is 8.42 Å². The number of carbonyl (C=O) groups is 1. The van der Waals surface area contributed by atoms with Crippen molar-refractivity contribution in [3.05, 3.63) is 48.0 Å². The fraction of sp³-hybridized carbons (Fsp3) is 0.118. The first-order valence-electron chi connectivity index (χ1n) is 7.66. The van der Waals surface area contributed by atoms with Crippen molar-refractivity contribution >= 4 is 34.2 Å². The average Bonchev–Trinajstić information content (AvgIpc) is 2.91. The summed E-state index contributed by atoms with van der Waals surface area (Å²) in [7, 11) is -2.57. The van der Waals surface area contributed by atoms with Gasteiger partial charge in [0.25, 0.3) is 10.0 Å². The van der Waals surface area contributed by atoms with Crippen LogP contribution in [0.25, 0.3) is 0 Å². The van der Waals surface area contributed by atoms with Gasteiger partial charge in [-0.25, -0.2) is 0 Å². The SMILES string of the molecule is C=[N+](c1ccc(O)c(OC)c1)N(CC(=O)O)C1=NS(=O)(=O)c2ccccc21.